The lowest BCUT2D eigenvalue weighted by Gasteiger charge is -2.44. The molecule has 3 unspecified atom stereocenters. The number of nitrogens with one attached hydrogen (secondary N) is 1. The number of aldehydes is 1. The van der Waals surface area contributed by atoms with Gasteiger partial charge in [0.15, 0.2) is 0 Å². The molecule has 8 heteroatoms. The van der Waals surface area contributed by atoms with Crippen LogP contribution in [0.3, 0.4) is 0 Å². The maximum absolute atomic E-state index is 13.3. The van der Waals surface area contributed by atoms with E-state index in [1.165, 1.54) is 0 Å². The number of benzene rings is 1. The minimum Gasteiger partial charge on any atom is -0.331 e. The minimum absolute atomic E-state index is 0.00666. The van der Waals surface area contributed by atoms with Gasteiger partial charge in [0, 0.05) is 29.9 Å². The standard InChI is InChI=1S/C20H27ClN2O4S/c1-2-28(26,27)22-13-19(15-3-4-15)23-18(14-5-8-17(21)9-6-14)10-7-16(11-12-24)20(23)25/h5-6,8-9,12,15-16,18-19,22H,2-4,7,10-11,13H2,1H3. The maximum Gasteiger partial charge on any atom is 0.226 e. The molecular weight excluding hydrogens is 400 g/mol. The summed E-state index contributed by atoms with van der Waals surface area (Å²) in [6.45, 7) is 1.81. The summed E-state index contributed by atoms with van der Waals surface area (Å²) in [6, 6.07) is 7.13. The van der Waals surface area contributed by atoms with Crippen LogP contribution in [0.5, 0.6) is 0 Å². The van der Waals surface area contributed by atoms with Gasteiger partial charge in [-0.15, -0.1) is 0 Å². The topological polar surface area (TPSA) is 83.6 Å². The van der Waals surface area contributed by atoms with Gasteiger partial charge in [-0.1, -0.05) is 23.7 Å². The molecule has 1 aromatic carbocycles. The largest absolute Gasteiger partial charge is 0.331 e. The summed E-state index contributed by atoms with van der Waals surface area (Å²) in [5.74, 6) is -0.0866. The first kappa shape index (κ1) is 21.3. The lowest BCUT2D eigenvalue weighted by Crippen LogP contribution is -2.53. The molecule has 28 heavy (non-hydrogen) atoms. The Bertz CT molecular complexity index is 808. The quantitative estimate of drug-likeness (QED) is 0.615. The van der Waals surface area contributed by atoms with Crippen LogP contribution in [0.2, 0.25) is 5.02 Å². The number of sulfonamides is 1. The van der Waals surface area contributed by atoms with E-state index >= 15 is 0 Å². The number of hydrogen-bond acceptors (Lipinski definition) is 4. The Morgan fingerprint density at radius 1 is 1.21 bits per heavy atom. The summed E-state index contributed by atoms with van der Waals surface area (Å²) in [4.78, 5) is 26.2. The molecule has 1 aliphatic heterocycles. The molecule has 0 spiro atoms. The number of nitrogens with zero attached hydrogens (tertiary/aromatic N) is 1. The first-order valence-electron chi connectivity index (χ1n) is 9.85. The van der Waals surface area contributed by atoms with Gasteiger partial charge in [0.05, 0.1) is 11.8 Å². The van der Waals surface area contributed by atoms with Crippen LogP contribution >= 0.6 is 11.6 Å². The third-order valence-electron chi connectivity index (χ3n) is 5.78. The predicted octanol–water partition coefficient (Wildman–Crippen LogP) is 2.93. The van der Waals surface area contributed by atoms with E-state index in [0.29, 0.717) is 11.4 Å². The van der Waals surface area contributed by atoms with Gasteiger partial charge in [0.25, 0.3) is 0 Å². The van der Waals surface area contributed by atoms with Crippen molar-refractivity contribution in [1.82, 2.24) is 9.62 Å². The van der Waals surface area contributed by atoms with Crippen molar-refractivity contribution in [2.24, 2.45) is 11.8 Å². The normalized spacial score (nSPS) is 24.2. The number of piperidine rings is 1. The van der Waals surface area contributed by atoms with Crippen molar-refractivity contribution in [3.05, 3.63) is 34.9 Å². The Hall–Kier alpha value is -1.44. The molecule has 0 bridgehead atoms. The van der Waals surface area contributed by atoms with Gasteiger partial charge in [0.2, 0.25) is 15.9 Å². The average Bonchev–Trinajstić information content (AvgIpc) is 3.51. The zero-order chi connectivity index (χ0) is 20.3. The molecule has 0 radical (unpaired) electrons. The third kappa shape index (κ3) is 4.93. The van der Waals surface area contributed by atoms with E-state index in [0.717, 1.165) is 31.1 Å². The van der Waals surface area contributed by atoms with Gasteiger partial charge in [-0.2, -0.15) is 0 Å². The van der Waals surface area contributed by atoms with Crippen molar-refractivity contribution in [2.75, 3.05) is 12.3 Å². The molecule has 1 heterocycles. The zero-order valence-corrected chi connectivity index (χ0v) is 17.6. The molecule has 1 aliphatic carbocycles. The van der Waals surface area contributed by atoms with Crippen LogP contribution in [0.25, 0.3) is 0 Å². The summed E-state index contributed by atoms with van der Waals surface area (Å²) in [5.41, 5.74) is 0.992. The Labute approximate surface area is 171 Å². The van der Waals surface area contributed by atoms with Crippen molar-refractivity contribution in [2.45, 2.75) is 51.1 Å². The molecule has 1 aromatic rings. The van der Waals surface area contributed by atoms with E-state index in [9.17, 15) is 18.0 Å². The fourth-order valence-corrected chi connectivity index (χ4v) is 4.77. The van der Waals surface area contributed by atoms with E-state index < -0.39 is 10.0 Å². The highest BCUT2D eigenvalue weighted by Crippen LogP contribution is 2.43. The molecule has 1 saturated heterocycles. The number of amides is 1. The SMILES string of the molecule is CCS(=O)(=O)NCC(C1CC1)N1C(=O)C(CC=O)CCC1c1ccc(Cl)cc1. The van der Waals surface area contributed by atoms with Crippen LogP contribution in [0, 0.1) is 11.8 Å². The summed E-state index contributed by atoms with van der Waals surface area (Å²) in [5, 5.41) is 0.630. The van der Waals surface area contributed by atoms with Crippen LogP contribution in [0.1, 0.15) is 50.6 Å². The van der Waals surface area contributed by atoms with Gasteiger partial charge in [-0.25, -0.2) is 13.1 Å². The second-order valence-electron chi connectivity index (χ2n) is 7.65. The van der Waals surface area contributed by atoms with Crippen molar-refractivity contribution in [3.8, 4) is 0 Å². The van der Waals surface area contributed by atoms with Crippen LogP contribution in [0.15, 0.2) is 24.3 Å². The monoisotopic (exact) mass is 426 g/mol. The first-order valence-corrected chi connectivity index (χ1v) is 11.9. The molecule has 1 saturated carbocycles. The summed E-state index contributed by atoms with van der Waals surface area (Å²) in [7, 11) is -3.35. The zero-order valence-electron chi connectivity index (χ0n) is 16.0. The maximum atomic E-state index is 13.3. The van der Waals surface area contributed by atoms with Crippen LogP contribution < -0.4 is 4.72 Å². The highest BCUT2D eigenvalue weighted by atomic mass is 35.5. The molecule has 2 aliphatic rings. The van der Waals surface area contributed by atoms with Crippen LogP contribution in [0.4, 0.5) is 0 Å². The molecule has 154 valence electrons. The van der Waals surface area contributed by atoms with Gasteiger partial charge in [0.1, 0.15) is 6.29 Å². The highest BCUT2D eigenvalue weighted by Gasteiger charge is 2.45. The molecule has 6 nitrogen and oxygen atoms in total. The van der Waals surface area contributed by atoms with Gasteiger partial charge >= 0.3 is 0 Å². The summed E-state index contributed by atoms with van der Waals surface area (Å²) < 4.78 is 26.6. The van der Waals surface area contributed by atoms with Crippen LogP contribution in [-0.4, -0.2) is 43.9 Å². The third-order valence-corrected chi connectivity index (χ3v) is 7.40. The number of likely N-dealkylation sites (tertiary alicyclic amines) is 1. The second kappa shape index (κ2) is 8.93. The van der Waals surface area contributed by atoms with Crippen molar-refractivity contribution in [3.63, 3.8) is 0 Å². The molecular formula is C20H27ClN2O4S. The lowest BCUT2D eigenvalue weighted by atomic mass is 9.85. The molecule has 0 aromatic heterocycles. The number of carbonyl (C=O) groups is 2. The van der Waals surface area contributed by atoms with E-state index in [-0.39, 0.29) is 48.5 Å². The number of rotatable bonds is 9. The number of halogens is 1. The molecule has 1 amide bonds. The van der Waals surface area contributed by atoms with Gasteiger partial charge < -0.3 is 9.69 Å². The van der Waals surface area contributed by atoms with E-state index in [4.69, 9.17) is 11.6 Å². The van der Waals surface area contributed by atoms with Crippen molar-refractivity contribution in [1.29, 1.82) is 0 Å². The summed E-state index contributed by atoms with van der Waals surface area (Å²) in [6.07, 6.45) is 4.37. The first-order chi connectivity index (χ1) is 13.4. The fraction of sp³-hybridized carbons (Fsp3) is 0.600. The minimum atomic E-state index is -3.35. The predicted molar refractivity (Wildman–Crippen MR) is 108 cm³/mol. The smallest absolute Gasteiger partial charge is 0.226 e. The van der Waals surface area contributed by atoms with Gasteiger partial charge in [-0.05, 0) is 56.2 Å². The van der Waals surface area contributed by atoms with Crippen molar-refractivity contribution < 1.29 is 18.0 Å². The Morgan fingerprint density at radius 3 is 2.46 bits per heavy atom. The number of hydrogen-bond donors (Lipinski definition) is 1. The number of carbonyl (C=O) groups excluding carboxylic acids is 2. The molecule has 3 atom stereocenters. The Morgan fingerprint density at radius 2 is 1.89 bits per heavy atom. The van der Waals surface area contributed by atoms with E-state index in [1.807, 2.05) is 29.2 Å². The fourth-order valence-electron chi connectivity index (χ4n) is 4.02. The molecule has 1 N–H and O–H groups in total. The average molecular weight is 427 g/mol. The highest BCUT2D eigenvalue weighted by molar-refractivity contribution is 7.89. The van der Waals surface area contributed by atoms with E-state index in [1.54, 1.807) is 6.92 Å². The van der Waals surface area contributed by atoms with E-state index in [2.05, 4.69) is 4.72 Å². The second-order valence-corrected chi connectivity index (χ2v) is 10.2. The molecule has 2 fully saturated rings. The lowest BCUT2D eigenvalue weighted by molar-refractivity contribution is -0.147. The Kier molecular flexibility index (Phi) is 6.78. The molecule has 3 rings (SSSR count). The van der Waals surface area contributed by atoms with Gasteiger partial charge in [-0.3, -0.25) is 4.79 Å². The van der Waals surface area contributed by atoms with Crippen molar-refractivity contribution >= 4 is 33.8 Å². The summed E-state index contributed by atoms with van der Waals surface area (Å²) >= 11 is 6.02. The van der Waals surface area contributed by atoms with Crippen LogP contribution in [-0.2, 0) is 19.6 Å². The Balaban J connectivity index is 1.91.